The molecular weight excluding hydrogens is 308 g/mol. The monoisotopic (exact) mass is 330 g/mol. The fourth-order valence-electron chi connectivity index (χ4n) is 3.08. The Balaban J connectivity index is 2.32. The average Bonchev–Trinajstić information content (AvgIpc) is 2.61. The van der Waals surface area contributed by atoms with Crippen LogP contribution in [0.5, 0.6) is 0 Å². The van der Waals surface area contributed by atoms with E-state index in [4.69, 9.17) is 10.5 Å². The van der Waals surface area contributed by atoms with Gasteiger partial charge >= 0.3 is 0 Å². The molecule has 1 aromatic rings. The lowest BCUT2D eigenvalue weighted by Gasteiger charge is -2.38. The topological polar surface area (TPSA) is 66.0 Å². The number of rotatable bonds is 4. The quantitative estimate of drug-likeness (QED) is 0.862. The molecule has 2 N–H and O–H groups in total. The van der Waals surface area contributed by atoms with Crippen LogP contribution in [0.25, 0.3) is 0 Å². The molecule has 1 aliphatic rings. The van der Waals surface area contributed by atoms with Gasteiger partial charge in [0.05, 0.1) is 17.3 Å². The maximum Gasteiger partial charge on any atom is 0.153 e. The number of nitrogens with zero attached hydrogens (tertiary/aromatic N) is 3. The molecule has 0 radical (unpaired) electrons. The number of aryl methyl sites for hydroxylation is 1. The van der Waals surface area contributed by atoms with E-state index in [9.17, 15) is 0 Å². The number of aromatic nitrogens is 3. The molecule has 1 atom stereocenters. The second kappa shape index (κ2) is 6.33. The van der Waals surface area contributed by atoms with E-state index >= 15 is 0 Å². The Labute approximate surface area is 123 Å². The minimum absolute atomic E-state index is 0.195. The molecule has 19 heavy (non-hydrogen) atoms. The molecule has 0 saturated heterocycles. The zero-order valence-electron chi connectivity index (χ0n) is 11.7. The lowest BCUT2D eigenvalue weighted by atomic mass is 9.85. The van der Waals surface area contributed by atoms with Gasteiger partial charge in [0.15, 0.2) is 4.60 Å². The maximum absolute atomic E-state index is 6.55. The minimum Gasteiger partial charge on any atom is -0.373 e. The van der Waals surface area contributed by atoms with Crippen molar-refractivity contribution in [3.8, 4) is 0 Å². The van der Waals surface area contributed by atoms with Crippen LogP contribution in [-0.4, -0.2) is 27.2 Å². The summed E-state index contributed by atoms with van der Waals surface area (Å²) in [5.41, 5.74) is 7.20. The molecule has 2 rings (SSSR count). The number of halogens is 1. The van der Waals surface area contributed by atoms with Crippen molar-refractivity contribution in [2.75, 3.05) is 6.61 Å². The third kappa shape index (κ3) is 3.01. The van der Waals surface area contributed by atoms with Crippen LogP contribution in [0.15, 0.2) is 4.60 Å². The molecule has 1 aliphatic carbocycles. The van der Waals surface area contributed by atoms with E-state index in [0.29, 0.717) is 6.61 Å². The van der Waals surface area contributed by atoms with Crippen molar-refractivity contribution in [1.82, 2.24) is 15.0 Å². The van der Waals surface area contributed by atoms with Crippen LogP contribution < -0.4 is 5.73 Å². The molecular formula is C13H23BrN4O. The van der Waals surface area contributed by atoms with E-state index < -0.39 is 0 Å². The number of ether oxygens (including phenoxy) is 1. The van der Waals surface area contributed by atoms with Gasteiger partial charge in [0, 0.05) is 13.7 Å². The van der Waals surface area contributed by atoms with Crippen molar-refractivity contribution in [2.45, 2.75) is 57.1 Å². The summed E-state index contributed by atoms with van der Waals surface area (Å²) in [6, 6.07) is -0.195. The molecule has 0 bridgehead atoms. The molecule has 0 spiro atoms. The first kappa shape index (κ1) is 14.9. The fraction of sp³-hybridized carbons (Fsp3) is 0.846. The normalized spacial score (nSPS) is 21.1. The summed E-state index contributed by atoms with van der Waals surface area (Å²) < 4.78 is 8.61. The summed E-state index contributed by atoms with van der Waals surface area (Å²) in [5, 5.41) is 8.07. The van der Waals surface area contributed by atoms with E-state index in [1.165, 1.54) is 25.7 Å². The van der Waals surface area contributed by atoms with Crippen molar-refractivity contribution in [3.63, 3.8) is 0 Å². The summed E-state index contributed by atoms with van der Waals surface area (Å²) >= 11 is 3.45. The zero-order valence-corrected chi connectivity index (χ0v) is 13.3. The third-order valence-electron chi connectivity index (χ3n) is 4.07. The largest absolute Gasteiger partial charge is 0.373 e. The summed E-state index contributed by atoms with van der Waals surface area (Å²) in [4.78, 5) is 0. The fourth-order valence-corrected chi connectivity index (χ4v) is 3.65. The zero-order chi connectivity index (χ0) is 13.9. The Morgan fingerprint density at radius 3 is 2.47 bits per heavy atom. The van der Waals surface area contributed by atoms with Gasteiger partial charge in [-0.15, -0.1) is 5.10 Å². The second-order valence-corrected chi connectivity index (χ2v) is 6.03. The number of nitrogens with two attached hydrogens (primary N) is 1. The first-order valence-electron chi connectivity index (χ1n) is 7.05. The van der Waals surface area contributed by atoms with Crippen LogP contribution >= 0.6 is 15.9 Å². The molecule has 1 fully saturated rings. The third-order valence-corrected chi connectivity index (χ3v) is 4.63. The van der Waals surface area contributed by atoms with Crippen LogP contribution in [0.4, 0.5) is 0 Å². The van der Waals surface area contributed by atoms with Crippen LogP contribution in [0.1, 0.15) is 57.2 Å². The number of hydrogen-bond donors (Lipinski definition) is 1. The molecule has 1 unspecified atom stereocenters. The molecule has 1 saturated carbocycles. The molecule has 0 amide bonds. The maximum atomic E-state index is 6.55. The predicted octanol–water partition coefficient (Wildman–Crippen LogP) is 2.71. The van der Waals surface area contributed by atoms with E-state index in [0.717, 1.165) is 23.1 Å². The smallest absolute Gasteiger partial charge is 0.153 e. The highest BCUT2D eigenvalue weighted by Crippen LogP contribution is 2.40. The predicted molar refractivity (Wildman–Crippen MR) is 77.7 cm³/mol. The van der Waals surface area contributed by atoms with Gasteiger partial charge in [-0.2, -0.15) is 0 Å². The van der Waals surface area contributed by atoms with Crippen LogP contribution in [0, 0.1) is 0 Å². The molecule has 1 aromatic heterocycles. The highest BCUT2D eigenvalue weighted by atomic mass is 79.9. The van der Waals surface area contributed by atoms with Crippen LogP contribution in [0.2, 0.25) is 0 Å². The molecule has 1 heterocycles. The van der Waals surface area contributed by atoms with E-state index in [1.807, 2.05) is 14.0 Å². The average molecular weight is 331 g/mol. The summed E-state index contributed by atoms with van der Waals surface area (Å²) in [6.45, 7) is 2.73. The Morgan fingerprint density at radius 2 is 2.00 bits per heavy atom. The Kier molecular flexibility index (Phi) is 4.97. The first-order chi connectivity index (χ1) is 9.10. The lowest BCUT2D eigenvalue weighted by Crippen LogP contribution is -2.44. The molecule has 108 valence electrons. The van der Waals surface area contributed by atoms with Gasteiger partial charge < -0.3 is 10.5 Å². The van der Waals surface area contributed by atoms with E-state index in [-0.39, 0.29) is 11.6 Å². The SMILES string of the molecule is CCOC1(C(N)c2c(Br)nnn2C)CCCCCC1. The van der Waals surface area contributed by atoms with Gasteiger partial charge in [-0.3, -0.25) is 0 Å². The van der Waals surface area contributed by atoms with Gasteiger partial charge in [-0.25, -0.2) is 4.68 Å². The molecule has 6 heteroatoms. The van der Waals surface area contributed by atoms with Crippen molar-refractivity contribution >= 4 is 15.9 Å². The molecule has 5 nitrogen and oxygen atoms in total. The molecule has 0 aliphatic heterocycles. The Bertz CT molecular complexity index is 393. The lowest BCUT2D eigenvalue weighted by molar-refractivity contribution is -0.0712. The van der Waals surface area contributed by atoms with Crippen molar-refractivity contribution < 1.29 is 4.74 Å². The minimum atomic E-state index is -0.275. The van der Waals surface area contributed by atoms with Gasteiger partial charge in [0.1, 0.15) is 0 Å². The van der Waals surface area contributed by atoms with Crippen molar-refractivity contribution in [2.24, 2.45) is 12.8 Å². The standard InChI is InChI=1S/C13H23BrN4O/c1-3-19-13(8-6-4-5-7-9-13)11(15)10-12(14)16-17-18(10)2/h11H,3-9,15H2,1-2H3. The summed E-state index contributed by atoms with van der Waals surface area (Å²) in [7, 11) is 1.88. The van der Waals surface area contributed by atoms with Crippen molar-refractivity contribution in [1.29, 1.82) is 0 Å². The highest BCUT2D eigenvalue weighted by Gasteiger charge is 2.41. The van der Waals surface area contributed by atoms with Crippen LogP contribution in [0.3, 0.4) is 0 Å². The Morgan fingerprint density at radius 1 is 1.37 bits per heavy atom. The first-order valence-corrected chi connectivity index (χ1v) is 7.84. The van der Waals surface area contributed by atoms with Crippen LogP contribution in [-0.2, 0) is 11.8 Å². The number of hydrogen-bond acceptors (Lipinski definition) is 4. The summed E-state index contributed by atoms with van der Waals surface area (Å²) in [5.74, 6) is 0. The highest BCUT2D eigenvalue weighted by molar-refractivity contribution is 9.10. The van der Waals surface area contributed by atoms with E-state index in [1.54, 1.807) is 4.68 Å². The molecule has 0 aromatic carbocycles. The van der Waals surface area contributed by atoms with Gasteiger partial charge in [0.25, 0.3) is 0 Å². The summed E-state index contributed by atoms with van der Waals surface area (Å²) in [6.07, 6.45) is 6.92. The van der Waals surface area contributed by atoms with Gasteiger partial charge in [-0.1, -0.05) is 30.9 Å². The second-order valence-electron chi connectivity index (χ2n) is 5.28. The Hall–Kier alpha value is -0.460. The van der Waals surface area contributed by atoms with Gasteiger partial charge in [0.2, 0.25) is 0 Å². The van der Waals surface area contributed by atoms with E-state index in [2.05, 4.69) is 26.2 Å². The van der Waals surface area contributed by atoms with Crippen molar-refractivity contribution in [3.05, 3.63) is 10.3 Å². The van der Waals surface area contributed by atoms with Gasteiger partial charge in [-0.05, 0) is 35.7 Å².